The minimum Gasteiger partial charge on any atom is -0.385 e. The van der Waals surface area contributed by atoms with Crippen molar-refractivity contribution in [2.75, 3.05) is 18.5 Å². The molecular formula is C17H15ClF3N5O2. The van der Waals surface area contributed by atoms with E-state index in [9.17, 15) is 18.0 Å². The maximum absolute atomic E-state index is 14.7. The number of halogens is 4. The molecule has 1 unspecified atom stereocenters. The summed E-state index contributed by atoms with van der Waals surface area (Å²) >= 11 is 5.67. The summed E-state index contributed by atoms with van der Waals surface area (Å²) in [7, 11) is 0. The van der Waals surface area contributed by atoms with E-state index in [1.54, 1.807) is 0 Å². The number of nitrogens with two attached hydrogens (primary N) is 1. The number of alkyl halides is 2. The predicted molar refractivity (Wildman–Crippen MR) is 96.1 cm³/mol. The smallest absolute Gasteiger partial charge is 0.299 e. The molecule has 7 nitrogen and oxygen atoms in total. The lowest BCUT2D eigenvalue weighted by Crippen LogP contribution is -2.45. The highest BCUT2D eigenvalue weighted by Gasteiger charge is 2.54. The van der Waals surface area contributed by atoms with Gasteiger partial charge in [0.05, 0.1) is 5.02 Å². The zero-order valence-electron chi connectivity index (χ0n) is 14.5. The molecule has 0 bridgehead atoms. The number of rotatable bonds is 3. The lowest BCUT2D eigenvalue weighted by atomic mass is 9.85. The molecule has 2 heterocycles. The van der Waals surface area contributed by atoms with E-state index in [0.717, 1.165) is 19.1 Å². The number of carbonyl (C=O) groups is 1. The maximum Gasteiger partial charge on any atom is 0.299 e. The Hall–Kier alpha value is -2.72. The second kappa shape index (κ2) is 7.36. The molecule has 2 aromatic rings. The number of hydrogen-bond donors (Lipinski definition) is 2. The van der Waals surface area contributed by atoms with Crippen LogP contribution in [0.1, 0.15) is 23.1 Å². The Balaban J connectivity index is 1.98. The molecule has 1 aromatic heterocycles. The van der Waals surface area contributed by atoms with Gasteiger partial charge in [-0.2, -0.15) is 0 Å². The van der Waals surface area contributed by atoms with E-state index in [1.165, 1.54) is 18.5 Å². The molecule has 1 aromatic carbocycles. The number of benzene rings is 1. The summed E-state index contributed by atoms with van der Waals surface area (Å²) in [5, 5.41) is 2.66. The Morgan fingerprint density at radius 2 is 2.00 bits per heavy atom. The first-order chi connectivity index (χ1) is 13.1. The number of ether oxygens (including phenoxy) is 1. The summed E-state index contributed by atoms with van der Waals surface area (Å²) in [6.07, 6.45) is 2.45. The largest absolute Gasteiger partial charge is 0.385 e. The molecular weight excluding hydrogens is 399 g/mol. The normalized spacial score (nSPS) is 21.5. The van der Waals surface area contributed by atoms with Crippen molar-refractivity contribution in [3.05, 3.63) is 52.8 Å². The Labute approximate surface area is 162 Å². The van der Waals surface area contributed by atoms with Gasteiger partial charge in [-0.05, 0) is 25.1 Å². The molecule has 28 heavy (non-hydrogen) atoms. The van der Waals surface area contributed by atoms with Crippen molar-refractivity contribution in [3.63, 3.8) is 0 Å². The lowest BCUT2D eigenvalue weighted by molar-refractivity contribution is -0.116. The highest BCUT2D eigenvalue weighted by molar-refractivity contribution is 6.30. The molecule has 11 heteroatoms. The lowest BCUT2D eigenvalue weighted by Gasteiger charge is -2.33. The molecule has 1 aliphatic rings. The second-order valence-electron chi connectivity index (χ2n) is 6.25. The van der Waals surface area contributed by atoms with Crippen LogP contribution in [0.4, 0.5) is 18.9 Å². The van der Waals surface area contributed by atoms with E-state index in [2.05, 4.69) is 20.3 Å². The molecule has 0 saturated heterocycles. The number of aliphatic imine (C=N–C) groups is 1. The van der Waals surface area contributed by atoms with Gasteiger partial charge in [0.2, 0.25) is 5.82 Å². The monoisotopic (exact) mass is 413 g/mol. The van der Waals surface area contributed by atoms with Crippen LogP contribution in [-0.4, -0.2) is 40.8 Å². The molecule has 1 aliphatic heterocycles. The average Bonchev–Trinajstić information content (AvgIpc) is 2.73. The van der Waals surface area contributed by atoms with Gasteiger partial charge in [0.25, 0.3) is 11.8 Å². The van der Waals surface area contributed by atoms with Crippen molar-refractivity contribution in [1.82, 2.24) is 9.97 Å². The molecule has 1 amide bonds. The fourth-order valence-electron chi connectivity index (χ4n) is 2.68. The predicted octanol–water partition coefficient (Wildman–Crippen LogP) is 2.76. The molecule has 0 radical (unpaired) electrons. The van der Waals surface area contributed by atoms with E-state index >= 15 is 0 Å². The number of aromatic nitrogens is 2. The molecule has 0 saturated carbocycles. The van der Waals surface area contributed by atoms with Gasteiger partial charge in [0.1, 0.15) is 24.9 Å². The van der Waals surface area contributed by atoms with E-state index in [-0.39, 0.29) is 29.0 Å². The van der Waals surface area contributed by atoms with E-state index in [1.807, 2.05) is 0 Å². The summed E-state index contributed by atoms with van der Waals surface area (Å²) < 4.78 is 48.6. The molecule has 3 N–H and O–H groups in total. The first-order valence-electron chi connectivity index (χ1n) is 8.01. The minimum absolute atomic E-state index is 0.0518. The van der Waals surface area contributed by atoms with Crippen LogP contribution in [0.15, 0.2) is 35.6 Å². The number of anilines is 1. The second-order valence-corrected chi connectivity index (χ2v) is 6.68. The van der Waals surface area contributed by atoms with Crippen molar-refractivity contribution >= 4 is 29.0 Å². The summed E-state index contributed by atoms with van der Waals surface area (Å²) in [4.78, 5) is 23.5. The zero-order valence-corrected chi connectivity index (χ0v) is 15.3. The number of amides is 1. The van der Waals surface area contributed by atoms with Gasteiger partial charge in [-0.15, -0.1) is 0 Å². The quantitative estimate of drug-likeness (QED) is 0.805. The van der Waals surface area contributed by atoms with Crippen molar-refractivity contribution in [2.24, 2.45) is 10.7 Å². The first kappa shape index (κ1) is 20.0. The minimum atomic E-state index is -3.54. The van der Waals surface area contributed by atoms with E-state index in [0.29, 0.717) is 0 Å². The van der Waals surface area contributed by atoms with Gasteiger partial charge in [-0.25, -0.2) is 23.1 Å². The third-order valence-corrected chi connectivity index (χ3v) is 4.38. The van der Waals surface area contributed by atoms with Crippen molar-refractivity contribution in [3.8, 4) is 0 Å². The van der Waals surface area contributed by atoms with Gasteiger partial charge in [0.15, 0.2) is 5.54 Å². The van der Waals surface area contributed by atoms with Crippen molar-refractivity contribution in [2.45, 2.75) is 18.4 Å². The topological polar surface area (TPSA) is 102 Å². The Bertz CT molecular complexity index is 939. The van der Waals surface area contributed by atoms with Gasteiger partial charge >= 0.3 is 0 Å². The summed E-state index contributed by atoms with van der Waals surface area (Å²) in [5.74, 6) is -5.59. The van der Waals surface area contributed by atoms with Crippen LogP contribution in [0.3, 0.4) is 0 Å². The molecule has 0 fully saturated rings. The standard InChI is InChI=1S/C17H15ClF3N5O2/c1-16(17(20,21)8-28-7-13(22)26-16)11-4-10(2-3-12(11)19)25-15(27)14-23-5-9(18)6-24-14/h2-6H,7-8H2,1H3,(H2,22,26)(H,25,27). The van der Waals surface area contributed by atoms with Crippen LogP contribution in [0.2, 0.25) is 5.02 Å². The highest BCUT2D eigenvalue weighted by atomic mass is 35.5. The fourth-order valence-corrected chi connectivity index (χ4v) is 2.77. The Morgan fingerprint density at radius 3 is 2.68 bits per heavy atom. The van der Waals surface area contributed by atoms with Crippen LogP contribution in [0.5, 0.6) is 0 Å². The molecule has 148 valence electrons. The average molecular weight is 414 g/mol. The number of nitrogens with one attached hydrogen (secondary N) is 1. The number of amidine groups is 1. The number of hydrogen-bond acceptors (Lipinski definition) is 6. The summed E-state index contributed by atoms with van der Waals surface area (Å²) in [6, 6.07) is 3.24. The third-order valence-electron chi connectivity index (χ3n) is 4.18. The first-order valence-corrected chi connectivity index (χ1v) is 8.39. The van der Waals surface area contributed by atoms with Gasteiger partial charge in [0, 0.05) is 23.6 Å². The van der Waals surface area contributed by atoms with Crippen LogP contribution >= 0.6 is 11.6 Å². The van der Waals surface area contributed by atoms with Crippen LogP contribution in [0, 0.1) is 5.82 Å². The Kier molecular flexibility index (Phi) is 5.26. The van der Waals surface area contributed by atoms with Gasteiger partial charge in [-0.1, -0.05) is 11.6 Å². The summed E-state index contributed by atoms with van der Waals surface area (Å²) in [5.41, 5.74) is 2.88. The summed E-state index contributed by atoms with van der Waals surface area (Å²) in [6.45, 7) is -0.222. The van der Waals surface area contributed by atoms with Crippen LogP contribution in [0.25, 0.3) is 0 Å². The fraction of sp³-hybridized carbons (Fsp3) is 0.294. The van der Waals surface area contributed by atoms with Gasteiger partial charge in [-0.3, -0.25) is 9.79 Å². The molecule has 1 atom stereocenters. The third kappa shape index (κ3) is 3.78. The molecule has 0 spiro atoms. The number of nitrogens with zero attached hydrogens (tertiary/aromatic N) is 3. The maximum atomic E-state index is 14.7. The van der Waals surface area contributed by atoms with Crippen LogP contribution in [-0.2, 0) is 10.3 Å². The van der Waals surface area contributed by atoms with E-state index < -0.39 is 35.4 Å². The SMILES string of the molecule is CC1(c2cc(NC(=O)c3ncc(Cl)cn3)ccc2F)N=C(N)COCC1(F)F. The number of carbonyl (C=O) groups excluding carboxylic acids is 1. The highest BCUT2D eigenvalue weighted by Crippen LogP contribution is 2.44. The van der Waals surface area contributed by atoms with E-state index in [4.69, 9.17) is 22.1 Å². The molecule has 0 aliphatic carbocycles. The van der Waals surface area contributed by atoms with Crippen LogP contribution < -0.4 is 11.1 Å². The molecule has 3 rings (SSSR count). The zero-order chi connectivity index (χ0) is 20.5. The van der Waals surface area contributed by atoms with Crippen molar-refractivity contribution in [1.29, 1.82) is 0 Å². The van der Waals surface area contributed by atoms with Gasteiger partial charge < -0.3 is 15.8 Å². The Morgan fingerprint density at radius 1 is 1.32 bits per heavy atom. The van der Waals surface area contributed by atoms with Crippen molar-refractivity contribution < 1.29 is 22.7 Å².